The van der Waals surface area contributed by atoms with Crippen molar-refractivity contribution in [1.29, 1.82) is 0 Å². The number of rotatable bonds is 7. The van der Waals surface area contributed by atoms with Crippen molar-refractivity contribution in [3.8, 4) is 0 Å². The van der Waals surface area contributed by atoms with Crippen molar-refractivity contribution in [1.82, 2.24) is 10.3 Å². The summed E-state index contributed by atoms with van der Waals surface area (Å²) in [4.78, 5) is 6.32. The lowest BCUT2D eigenvalue weighted by Crippen LogP contribution is -2.28. The van der Waals surface area contributed by atoms with Crippen LogP contribution in [-0.4, -0.2) is 36.3 Å². The molecule has 0 aromatic carbocycles. The first-order chi connectivity index (χ1) is 8.54. The maximum Gasteiger partial charge on any atom is 0.128 e. The molecule has 0 spiro atoms. The Morgan fingerprint density at radius 1 is 1.44 bits per heavy atom. The SMILES string of the molecule is CCCNC(C)c1ccnc(N(C)CC(C)O)c1. The minimum absolute atomic E-state index is 0.326. The number of nitrogens with one attached hydrogen (secondary N) is 1. The van der Waals surface area contributed by atoms with Crippen LogP contribution >= 0.6 is 0 Å². The van der Waals surface area contributed by atoms with E-state index in [9.17, 15) is 5.11 Å². The normalized spacial score (nSPS) is 14.3. The quantitative estimate of drug-likeness (QED) is 0.778. The summed E-state index contributed by atoms with van der Waals surface area (Å²) in [5.41, 5.74) is 1.23. The van der Waals surface area contributed by atoms with Gasteiger partial charge in [-0.15, -0.1) is 0 Å². The van der Waals surface area contributed by atoms with Crippen molar-refractivity contribution < 1.29 is 5.11 Å². The molecule has 2 atom stereocenters. The van der Waals surface area contributed by atoms with Crippen LogP contribution in [0, 0.1) is 0 Å². The van der Waals surface area contributed by atoms with E-state index in [0.717, 1.165) is 18.8 Å². The number of likely N-dealkylation sites (N-methyl/N-ethyl adjacent to an activating group) is 1. The Labute approximate surface area is 110 Å². The van der Waals surface area contributed by atoms with Crippen LogP contribution < -0.4 is 10.2 Å². The number of hydrogen-bond acceptors (Lipinski definition) is 4. The van der Waals surface area contributed by atoms with Crippen LogP contribution in [-0.2, 0) is 0 Å². The predicted octanol–water partition coefficient (Wildman–Crippen LogP) is 1.96. The topological polar surface area (TPSA) is 48.4 Å². The Kier molecular flexibility index (Phi) is 6.09. The van der Waals surface area contributed by atoms with Gasteiger partial charge in [0.05, 0.1) is 6.10 Å². The average Bonchev–Trinajstić information content (AvgIpc) is 2.35. The molecule has 18 heavy (non-hydrogen) atoms. The van der Waals surface area contributed by atoms with Crippen LogP contribution in [0.15, 0.2) is 18.3 Å². The molecule has 0 aliphatic rings. The van der Waals surface area contributed by atoms with Crippen molar-refractivity contribution in [2.75, 3.05) is 25.0 Å². The third-order valence-corrected chi connectivity index (χ3v) is 2.90. The number of aliphatic hydroxyl groups excluding tert-OH is 1. The lowest BCUT2D eigenvalue weighted by molar-refractivity contribution is 0.201. The largest absolute Gasteiger partial charge is 0.392 e. The van der Waals surface area contributed by atoms with Gasteiger partial charge in [-0.3, -0.25) is 0 Å². The molecule has 0 radical (unpaired) electrons. The Morgan fingerprint density at radius 3 is 2.78 bits per heavy atom. The van der Waals surface area contributed by atoms with Gasteiger partial charge in [0.1, 0.15) is 5.82 Å². The Balaban J connectivity index is 2.72. The van der Waals surface area contributed by atoms with E-state index in [1.165, 1.54) is 5.56 Å². The third kappa shape index (κ3) is 4.63. The van der Waals surface area contributed by atoms with Crippen LogP contribution in [0.3, 0.4) is 0 Å². The molecule has 0 fully saturated rings. The minimum Gasteiger partial charge on any atom is -0.392 e. The van der Waals surface area contributed by atoms with Crippen molar-refractivity contribution in [3.63, 3.8) is 0 Å². The van der Waals surface area contributed by atoms with Gasteiger partial charge in [-0.25, -0.2) is 4.98 Å². The average molecular weight is 251 g/mol. The maximum absolute atomic E-state index is 9.40. The molecule has 1 aromatic heterocycles. The first-order valence-electron chi connectivity index (χ1n) is 6.63. The number of nitrogens with zero attached hydrogens (tertiary/aromatic N) is 2. The van der Waals surface area contributed by atoms with Gasteiger partial charge in [-0.05, 0) is 44.5 Å². The maximum atomic E-state index is 9.40. The summed E-state index contributed by atoms with van der Waals surface area (Å²) in [6, 6.07) is 4.44. The number of pyridine rings is 1. The number of aliphatic hydroxyl groups is 1. The zero-order valence-corrected chi connectivity index (χ0v) is 11.8. The second-order valence-electron chi connectivity index (χ2n) is 4.85. The standard InChI is InChI=1S/C14H25N3O/c1-5-7-15-12(3)13-6-8-16-14(9-13)17(4)10-11(2)18/h6,8-9,11-12,15,18H,5,7,10H2,1-4H3. The van der Waals surface area contributed by atoms with Gasteiger partial charge in [-0.1, -0.05) is 6.92 Å². The van der Waals surface area contributed by atoms with Crippen molar-refractivity contribution in [3.05, 3.63) is 23.9 Å². The molecule has 4 nitrogen and oxygen atoms in total. The Bertz CT molecular complexity index is 355. The number of anilines is 1. The Morgan fingerprint density at radius 2 is 2.17 bits per heavy atom. The smallest absolute Gasteiger partial charge is 0.128 e. The molecule has 1 heterocycles. The van der Waals surface area contributed by atoms with Gasteiger partial charge in [-0.2, -0.15) is 0 Å². The first kappa shape index (κ1) is 14.9. The third-order valence-electron chi connectivity index (χ3n) is 2.90. The van der Waals surface area contributed by atoms with Crippen LogP contribution in [0.2, 0.25) is 0 Å². The fraction of sp³-hybridized carbons (Fsp3) is 0.643. The zero-order valence-electron chi connectivity index (χ0n) is 11.8. The van der Waals surface area contributed by atoms with E-state index in [0.29, 0.717) is 12.6 Å². The molecule has 1 aromatic rings. The molecule has 2 N–H and O–H groups in total. The summed E-state index contributed by atoms with van der Waals surface area (Å²) >= 11 is 0. The summed E-state index contributed by atoms with van der Waals surface area (Å²) in [5.74, 6) is 0.901. The van der Waals surface area contributed by atoms with E-state index in [4.69, 9.17) is 0 Å². The van der Waals surface area contributed by atoms with Gasteiger partial charge in [0.15, 0.2) is 0 Å². The minimum atomic E-state index is -0.351. The van der Waals surface area contributed by atoms with Gasteiger partial charge in [0, 0.05) is 25.8 Å². The molecule has 1 rings (SSSR count). The van der Waals surface area contributed by atoms with Gasteiger partial charge >= 0.3 is 0 Å². The molecular weight excluding hydrogens is 226 g/mol. The van der Waals surface area contributed by atoms with E-state index in [1.54, 1.807) is 6.92 Å². The van der Waals surface area contributed by atoms with E-state index in [2.05, 4.69) is 30.2 Å². The lowest BCUT2D eigenvalue weighted by Gasteiger charge is -2.21. The van der Waals surface area contributed by atoms with Gasteiger partial charge in [0.2, 0.25) is 0 Å². The van der Waals surface area contributed by atoms with Gasteiger partial charge < -0.3 is 15.3 Å². The highest BCUT2D eigenvalue weighted by atomic mass is 16.3. The van der Waals surface area contributed by atoms with Crippen molar-refractivity contribution in [2.24, 2.45) is 0 Å². The van der Waals surface area contributed by atoms with Crippen LogP contribution in [0.1, 0.15) is 38.8 Å². The monoisotopic (exact) mass is 251 g/mol. The van der Waals surface area contributed by atoms with E-state index in [1.807, 2.05) is 24.2 Å². The number of aromatic nitrogens is 1. The highest BCUT2D eigenvalue weighted by Gasteiger charge is 2.09. The molecule has 102 valence electrons. The van der Waals surface area contributed by atoms with Crippen LogP contribution in [0.5, 0.6) is 0 Å². The fourth-order valence-electron chi connectivity index (χ4n) is 1.88. The Hall–Kier alpha value is -1.13. The summed E-state index contributed by atoms with van der Waals surface area (Å²) < 4.78 is 0. The molecular formula is C14H25N3O. The second kappa shape index (κ2) is 7.34. The number of hydrogen-bond donors (Lipinski definition) is 2. The molecule has 0 bridgehead atoms. The van der Waals surface area contributed by atoms with Crippen LogP contribution in [0.25, 0.3) is 0 Å². The molecule has 0 amide bonds. The highest BCUT2D eigenvalue weighted by molar-refractivity contribution is 5.41. The van der Waals surface area contributed by atoms with Crippen molar-refractivity contribution >= 4 is 5.82 Å². The fourth-order valence-corrected chi connectivity index (χ4v) is 1.88. The predicted molar refractivity (Wildman–Crippen MR) is 75.9 cm³/mol. The van der Waals surface area contributed by atoms with E-state index in [-0.39, 0.29) is 6.10 Å². The molecule has 0 aliphatic carbocycles. The molecule has 2 unspecified atom stereocenters. The second-order valence-corrected chi connectivity index (χ2v) is 4.85. The van der Waals surface area contributed by atoms with E-state index >= 15 is 0 Å². The molecule has 0 saturated carbocycles. The summed E-state index contributed by atoms with van der Waals surface area (Å²) in [6.07, 6.45) is 2.61. The molecule has 0 aliphatic heterocycles. The molecule has 4 heteroatoms. The highest BCUT2D eigenvalue weighted by Crippen LogP contribution is 2.17. The first-order valence-corrected chi connectivity index (χ1v) is 6.63. The van der Waals surface area contributed by atoms with Crippen LogP contribution in [0.4, 0.5) is 5.82 Å². The van der Waals surface area contributed by atoms with Gasteiger partial charge in [0.25, 0.3) is 0 Å². The van der Waals surface area contributed by atoms with E-state index < -0.39 is 0 Å². The lowest BCUT2D eigenvalue weighted by atomic mass is 10.1. The van der Waals surface area contributed by atoms with Crippen molar-refractivity contribution in [2.45, 2.75) is 39.3 Å². The summed E-state index contributed by atoms with van der Waals surface area (Å²) in [5, 5.41) is 12.9. The summed E-state index contributed by atoms with van der Waals surface area (Å²) in [7, 11) is 1.95. The summed E-state index contributed by atoms with van der Waals surface area (Å²) in [6.45, 7) is 7.71. The zero-order chi connectivity index (χ0) is 13.5. The molecule has 0 saturated heterocycles.